The molecule has 0 bridgehead atoms. The second-order valence-electron chi connectivity index (χ2n) is 5.17. The molecule has 0 amide bonds. The number of para-hydroxylation sites is 1. The topological polar surface area (TPSA) is 55.1 Å². The minimum atomic E-state index is 0.403. The zero-order chi connectivity index (χ0) is 17.6. The summed E-state index contributed by atoms with van der Waals surface area (Å²) in [6, 6.07) is 15.6. The third-order valence-electron chi connectivity index (χ3n) is 3.50. The number of nitrogens with zero attached hydrogens (tertiary/aromatic N) is 2. The van der Waals surface area contributed by atoms with E-state index in [0.717, 1.165) is 15.8 Å². The normalized spacial score (nSPS) is 11.1. The molecule has 4 nitrogen and oxygen atoms in total. The Hall–Kier alpha value is -3.10. The van der Waals surface area contributed by atoms with E-state index in [-0.39, 0.29) is 0 Å². The van der Waals surface area contributed by atoms with Gasteiger partial charge in [-0.1, -0.05) is 30.9 Å². The third-order valence-corrected chi connectivity index (χ3v) is 4.57. The molecule has 124 valence electrons. The maximum absolute atomic E-state index is 9.54. The number of hydrogen-bond donors (Lipinski definition) is 0. The van der Waals surface area contributed by atoms with Gasteiger partial charge >= 0.3 is 0 Å². The number of fused-ring (bicyclic) bond motifs is 1. The number of methoxy groups -OCH3 is 1. The molecule has 1 aromatic heterocycles. The molecule has 0 N–H and O–H groups in total. The lowest BCUT2D eigenvalue weighted by Gasteiger charge is -2.09. The second kappa shape index (κ2) is 7.65. The van der Waals surface area contributed by atoms with Gasteiger partial charge in [0.25, 0.3) is 0 Å². The summed E-state index contributed by atoms with van der Waals surface area (Å²) >= 11 is 1.50. The molecule has 5 heteroatoms. The van der Waals surface area contributed by atoms with Gasteiger partial charge in [-0.25, -0.2) is 4.98 Å². The highest BCUT2D eigenvalue weighted by Gasteiger charge is 2.10. The lowest BCUT2D eigenvalue weighted by molar-refractivity contribution is 0.326. The quantitative estimate of drug-likeness (QED) is 0.468. The standard InChI is InChI=1S/C20H16N2O2S/c1-3-10-24-17-9-8-14(12-18(17)23-2)11-15(13-21)20-22-16-6-4-5-7-19(16)25-20/h3-9,11-12H,1,10H2,2H3/b15-11-. The van der Waals surface area contributed by atoms with Crippen molar-refractivity contribution in [2.45, 2.75) is 0 Å². The highest BCUT2D eigenvalue weighted by atomic mass is 32.1. The summed E-state index contributed by atoms with van der Waals surface area (Å²) in [4.78, 5) is 4.54. The van der Waals surface area contributed by atoms with Crippen LogP contribution < -0.4 is 9.47 Å². The number of thiazole rings is 1. The van der Waals surface area contributed by atoms with Crippen LogP contribution in [0.4, 0.5) is 0 Å². The summed E-state index contributed by atoms with van der Waals surface area (Å²) in [5, 5.41) is 10.2. The Bertz CT molecular complexity index is 950. The largest absolute Gasteiger partial charge is 0.493 e. The molecule has 0 fully saturated rings. The summed E-state index contributed by atoms with van der Waals surface area (Å²) < 4.78 is 12.0. The molecule has 0 unspecified atom stereocenters. The molecule has 0 aliphatic carbocycles. The summed E-state index contributed by atoms with van der Waals surface area (Å²) in [6.07, 6.45) is 3.48. The first-order valence-electron chi connectivity index (χ1n) is 7.64. The van der Waals surface area contributed by atoms with Crippen LogP contribution in [0.3, 0.4) is 0 Å². The van der Waals surface area contributed by atoms with Crippen molar-refractivity contribution in [2.24, 2.45) is 0 Å². The fourth-order valence-corrected chi connectivity index (χ4v) is 3.27. The predicted molar refractivity (Wildman–Crippen MR) is 102 cm³/mol. The molecule has 0 saturated heterocycles. The van der Waals surface area contributed by atoms with Gasteiger partial charge in [0, 0.05) is 0 Å². The first-order valence-corrected chi connectivity index (χ1v) is 8.46. The Morgan fingerprint density at radius 2 is 2.12 bits per heavy atom. The van der Waals surface area contributed by atoms with E-state index in [1.165, 1.54) is 11.3 Å². The third kappa shape index (κ3) is 3.70. The average molecular weight is 348 g/mol. The van der Waals surface area contributed by atoms with Gasteiger partial charge in [0.2, 0.25) is 0 Å². The minimum absolute atomic E-state index is 0.403. The van der Waals surface area contributed by atoms with Crippen molar-refractivity contribution in [3.8, 4) is 17.6 Å². The van der Waals surface area contributed by atoms with Crippen LogP contribution in [0.15, 0.2) is 55.1 Å². The zero-order valence-corrected chi connectivity index (χ0v) is 14.5. The van der Waals surface area contributed by atoms with E-state index < -0.39 is 0 Å². The van der Waals surface area contributed by atoms with E-state index in [1.807, 2.05) is 42.5 Å². The number of rotatable bonds is 6. The lowest BCUT2D eigenvalue weighted by atomic mass is 10.1. The summed E-state index contributed by atoms with van der Waals surface area (Å²) in [5.74, 6) is 1.25. The number of allylic oxidation sites excluding steroid dienone is 1. The highest BCUT2D eigenvalue weighted by Crippen LogP contribution is 2.31. The first-order chi connectivity index (χ1) is 12.2. The Morgan fingerprint density at radius 3 is 2.84 bits per heavy atom. The Morgan fingerprint density at radius 1 is 1.28 bits per heavy atom. The molecule has 0 spiro atoms. The van der Waals surface area contributed by atoms with Gasteiger partial charge in [-0.05, 0) is 35.9 Å². The van der Waals surface area contributed by atoms with Crippen molar-refractivity contribution in [3.63, 3.8) is 0 Å². The van der Waals surface area contributed by atoms with Crippen LogP contribution in [0.5, 0.6) is 11.5 Å². The van der Waals surface area contributed by atoms with Gasteiger partial charge in [0.15, 0.2) is 11.5 Å². The van der Waals surface area contributed by atoms with Crippen LogP contribution in [0.2, 0.25) is 0 Å². The van der Waals surface area contributed by atoms with Gasteiger partial charge in [0.05, 0.1) is 22.9 Å². The smallest absolute Gasteiger partial charge is 0.161 e. The lowest BCUT2D eigenvalue weighted by Crippen LogP contribution is -1.96. The van der Waals surface area contributed by atoms with Gasteiger partial charge in [-0.3, -0.25) is 0 Å². The number of ether oxygens (including phenoxy) is 2. The SMILES string of the molecule is C=CCOc1ccc(/C=C(/C#N)c2nc3ccccc3s2)cc1OC. The summed E-state index contributed by atoms with van der Waals surface area (Å²) in [5.41, 5.74) is 2.26. The number of nitriles is 1. The van der Waals surface area contributed by atoms with E-state index in [0.29, 0.717) is 28.7 Å². The van der Waals surface area contributed by atoms with Crippen molar-refractivity contribution in [1.29, 1.82) is 5.26 Å². The van der Waals surface area contributed by atoms with Crippen molar-refractivity contribution in [2.75, 3.05) is 13.7 Å². The fraction of sp³-hybridized carbons (Fsp3) is 0.100. The Labute approximate surface area is 150 Å². The van der Waals surface area contributed by atoms with E-state index >= 15 is 0 Å². The molecule has 1 heterocycles. The van der Waals surface area contributed by atoms with E-state index in [1.54, 1.807) is 19.3 Å². The van der Waals surface area contributed by atoms with E-state index in [9.17, 15) is 5.26 Å². The van der Waals surface area contributed by atoms with Gasteiger partial charge in [-0.2, -0.15) is 5.26 Å². The van der Waals surface area contributed by atoms with E-state index in [4.69, 9.17) is 9.47 Å². The van der Waals surface area contributed by atoms with Gasteiger partial charge in [-0.15, -0.1) is 11.3 Å². The molecular formula is C20H16N2O2S. The Kier molecular flexibility index (Phi) is 5.12. The van der Waals surface area contributed by atoms with Crippen molar-refractivity contribution in [1.82, 2.24) is 4.98 Å². The molecule has 0 radical (unpaired) electrons. The van der Waals surface area contributed by atoms with Crippen LogP contribution in [-0.4, -0.2) is 18.7 Å². The van der Waals surface area contributed by atoms with Crippen LogP contribution in [-0.2, 0) is 0 Å². The van der Waals surface area contributed by atoms with Crippen LogP contribution >= 0.6 is 11.3 Å². The predicted octanol–water partition coefficient (Wildman–Crippen LogP) is 4.93. The van der Waals surface area contributed by atoms with Gasteiger partial charge < -0.3 is 9.47 Å². The van der Waals surface area contributed by atoms with Crippen molar-refractivity contribution < 1.29 is 9.47 Å². The molecule has 3 rings (SSSR count). The van der Waals surface area contributed by atoms with Crippen molar-refractivity contribution in [3.05, 3.63) is 65.7 Å². The molecule has 0 aliphatic heterocycles. The zero-order valence-electron chi connectivity index (χ0n) is 13.7. The number of benzene rings is 2. The monoisotopic (exact) mass is 348 g/mol. The Balaban J connectivity index is 1.96. The molecule has 0 aliphatic rings. The van der Waals surface area contributed by atoms with Crippen LogP contribution in [0.25, 0.3) is 21.9 Å². The van der Waals surface area contributed by atoms with Crippen LogP contribution in [0, 0.1) is 11.3 Å². The van der Waals surface area contributed by atoms with E-state index in [2.05, 4.69) is 17.6 Å². The molecule has 0 saturated carbocycles. The van der Waals surface area contributed by atoms with Crippen molar-refractivity contribution >= 4 is 33.2 Å². The molecule has 3 aromatic rings. The van der Waals surface area contributed by atoms with Gasteiger partial charge in [0.1, 0.15) is 17.7 Å². The molecule has 2 aromatic carbocycles. The number of hydrogen-bond acceptors (Lipinski definition) is 5. The highest BCUT2D eigenvalue weighted by molar-refractivity contribution is 7.19. The maximum atomic E-state index is 9.54. The summed E-state index contributed by atoms with van der Waals surface area (Å²) in [6.45, 7) is 4.04. The average Bonchev–Trinajstić information content (AvgIpc) is 3.08. The molecular weight excluding hydrogens is 332 g/mol. The molecule has 0 atom stereocenters. The molecule has 25 heavy (non-hydrogen) atoms. The maximum Gasteiger partial charge on any atom is 0.161 e. The van der Waals surface area contributed by atoms with Crippen LogP contribution in [0.1, 0.15) is 10.6 Å². The minimum Gasteiger partial charge on any atom is -0.493 e. The first kappa shape index (κ1) is 16.7. The summed E-state index contributed by atoms with van der Waals surface area (Å²) in [7, 11) is 1.59. The number of aromatic nitrogens is 1. The fourth-order valence-electron chi connectivity index (χ4n) is 2.34. The second-order valence-corrected chi connectivity index (χ2v) is 6.20.